The maximum absolute atomic E-state index is 10.8. The third kappa shape index (κ3) is 11.5. The molecule has 0 saturated carbocycles. The Labute approximate surface area is 91.9 Å². The quantitative estimate of drug-likeness (QED) is 0.492. The minimum absolute atomic E-state index is 0.126. The second-order valence-electron chi connectivity index (χ2n) is 3.17. The fourth-order valence-electron chi connectivity index (χ4n) is 0.872. The Hall–Kier alpha value is -0.450. The summed E-state index contributed by atoms with van der Waals surface area (Å²) in [5.74, 6) is 0.126. The minimum atomic E-state index is 0.126. The molecule has 0 amide bonds. The summed E-state index contributed by atoms with van der Waals surface area (Å²) in [5.41, 5.74) is 0. The van der Waals surface area contributed by atoms with Crippen molar-refractivity contribution >= 4 is 5.78 Å². The molecule has 90 valence electrons. The molecule has 0 radical (unpaired) electrons. The molecule has 0 aromatic rings. The Morgan fingerprint density at radius 1 is 0.867 bits per heavy atom. The molecule has 0 aliphatic rings. The van der Waals surface area contributed by atoms with Gasteiger partial charge < -0.3 is 14.2 Å². The number of carbonyl (C=O) groups excluding carboxylic acids is 1. The molecule has 4 heteroatoms. The summed E-state index contributed by atoms with van der Waals surface area (Å²) < 4.78 is 15.6. The fraction of sp³-hybridized carbons (Fsp3) is 0.909. The Balaban J connectivity index is 2.95. The molecule has 0 saturated heterocycles. The van der Waals surface area contributed by atoms with E-state index in [-0.39, 0.29) is 12.4 Å². The van der Waals surface area contributed by atoms with Gasteiger partial charge in [0.15, 0.2) is 5.78 Å². The molecule has 0 aromatic carbocycles. The van der Waals surface area contributed by atoms with Crippen LogP contribution in [0.2, 0.25) is 0 Å². The molecule has 0 fully saturated rings. The van der Waals surface area contributed by atoms with Crippen LogP contribution in [0.5, 0.6) is 0 Å². The van der Waals surface area contributed by atoms with Crippen molar-refractivity contribution in [3.05, 3.63) is 0 Å². The zero-order valence-corrected chi connectivity index (χ0v) is 9.79. The zero-order chi connectivity index (χ0) is 11.4. The van der Waals surface area contributed by atoms with E-state index in [4.69, 9.17) is 14.2 Å². The zero-order valence-electron chi connectivity index (χ0n) is 9.79. The highest BCUT2D eigenvalue weighted by molar-refractivity contribution is 5.79. The highest BCUT2D eigenvalue weighted by atomic mass is 16.5. The number of Topliss-reactive ketones (excluding diaryl/α,β-unsaturated/α-hetero) is 1. The normalized spacial score (nSPS) is 10.5. The van der Waals surface area contributed by atoms with Crippen molar-refractivity contribution in [2.45, 2.75) is 26.7 Å². The van der Waals surface area contributed by atoms with Crippen LogP contribution in [-0.2, 0) is 19.0 Å². The van der Waals surface area contributed by atoms with Crippen molar-refractivity contribution in [3.8, 4) is 0 Å². The van der Waals surface area contributed by atoms with Crippen LogP contribution in [0.25, 0.3) is 0 Å². The van der Waals surface area contributed by atoms with Gasteiger partial charge in [-0.25, -0.2) is 0 Å². The first kappa shape index (κ1) is 14.6. The van der Waals surface area contributed by atoms with Crippen molar-refractivity contribution in [1.29, 1.82) is 0 Å². The standard InChI is InChI=1S/C11H22O4/c1-3-5-13-6-7-14-8-9-15-10-11(12)4-2/h3-10H2,1-2H3. The molecule has 0 N–H and O–H groups in total. The summed E-state index contributed by atoms with van der Waals surface area (Å²) in [6, 6.07) is 0. The smallest absolute Gasteiger partial charge is 0.158 e. The predicted molar refractivity (Wildman–Crippen MR) is 58.0 cm³/mol. The summed E-state index contributed by atoms with van der Waals surface area (Å²) in [6.07, 6.45) is 1.56. The van der Waals surface area contributed by atoms with E-state index in [1.165, 1.54) is 0 Å². The van der Waals surface area contributed by atoms with Crippen molar-refractivity contribution in [3.63, 3.8) is 0 Å². The van der Waals surface area contributed by atoms with Gasteiger partial charge in [0.1, 0.15) is 6.61 Å². The summed E-state index contributed by atoms with van der Waals surface area (Å²) in [5, 5.41) is 0. The predicted octanol–water partition coefficient (Wildman–Crippen LogP) is 1.43. The number of ketones is 1. The van der Waals surface area contributed by atoms with Gasteiger partial charge in [-0.05, 0) is 6.42 Å². The van der Waals surface area contributed by atoms with Crippen molar-refractivity contribution < 1.29 is 19.0 Å². The van der Waals surface area contributed by atoms with E-state index in [0.29, 0.717) is 32.8 Å². The van der Waals surface area contributed by atoms with Gasteiger partial charge >= 0.3 is 0 Å². The minimum Gasteiger partial charge on any atom is -0.379 e. The number of rotatable bonds is 11. The molecule has 4 nitrogen and oxygen atoms in total. The molecule has 0 spiro atoms. The Morgan fingerprint density at radius 2 is 1.40 bits per heavy atom. The molecule has 0 aliphatic heterocycles. The first-order valence-corrected chi connectivity index (χ1v) is 5.56. The first-order valence-electron chi connectivity index (χ1n) is 5.56. The van der Waals surface area contributed by atoms with E-state index in [2.05, 4.69) is 6.92 Å². The van der Waals surface area contributed by atoms with E-state index in [0.717, 1.165) is 13.0 Å². The van der Waals surface area contributed by atoms with Gasteiger partial charge in [0.2, 0.25) is 0 Å². The maximum atomic E-state index is 10.8. The lowest BCUT2D eigenvalue weighted by Crippen LogP contribution is -2.13. The van der Waals surface area contributed by atoms with E-state index < -0.39 is 0 Å². The van der Waals surface area contributed by atoms with Gasteiger partial charge in [-0.15, -0.1) is 0 Å². The fourth-order valence-corrected chi connectivity index (χ4v) is 0.872. The molecule has 0 unspecified atom stereocenters. The SMILES string of the molecule is CCCOCCOCCOCC(=O)CC. The van der Waals surface area contributed by atoms with Crippen LogP contribution in [0, 0.1) is 0 Å². The molecule has 0 atom stereocenters. The third-order valence-electron chi connectivity index (χ3n) is 1.75. The van der Waals surface area contributed by atoms with Gasteiger partial charge in [0, 0.05) is 13.0 Å². The molecule has 0 aliphatic carbocycles. The maximum Gasteiger partial charge on any atom is 0.158 e. The summed E-state index contributed by atoms with van der Waals surface area (Å²) in [4.78, 5) is 10.8. The molecule has 0 aromatic heterocycles. The largest absolute Gasteiger partial charge is 0.379 e. The van der Waals surface area contributed by atoms with Crippen LogP contribution in [0.3, 0.4) is 0 Å². The van der Waals surface area contributed by atoms with Gasteiger partial charge in [-0.3, -0.25) is 4.79 Å². The Bertz CT molecular complexity index is 148. The highest BCUT2D eigenvalue weighted by Crippen LogP contribution is 1.85. The number of hydrogen-bond acceptors (Lipinski definition) is 4. The third-order valence-corrected chi connectivity index (χ3v) is 1.75. The van der Waals surface area contributed by atoms with Crippen LogP contribution < -0.4 is 0 Å². The summed E-state index contributed by atoms with van der Waals surface area (Å²) in [6.45, 7) is 7.09. The monoisotopic (exact) mass is 218 g/mol. The average molecular weight is 218 g/mol. The summed E-state index contributed by atoms with van der Waals surface area (Å²) in [7, 11) is 0. The van der Waals surface area contributed by atoms with E-state index >= 15 is 0 Å². The lowest BCUT2D eigenvalue weighted by atomic mass is 10.3. The topological polar surface area (TPSA) is 44.8 Å². The van der Waals surface area contributed by atoms with Crippen LogP contribution in [0.15, 0.2) is 0 Å². The van der Waals surface area contributed by atoms with Gasteiger partial charge in [0.25, 0.3) is 0 Å². The van der Waals surface area contributed by atoms with Crippen LogP contribution in [0.1, 0.15) is 26.7 Å². The molecule has 0 rings (SSSR count). The van der Waals surface area contributed by atoms with Crippen LogP contribution in [-0.4, -0.2) is 45.4 Å². The molecule has 0 bridgehead atoms. The van der Waals surface area contributed by atoms with Crippen molar-refractivity contribution in [2.75, 3.05) is 39.6 Å². The molecular weight excluding hydrogens is 196 g/mol. The lowest BCUT2D eigenvalue weighted by molar-refractivity contribution is -0.123. The molecule has 0 heterocycles. The van der Waals surface area contributed by atoms with Crippen LogP contribution >= 0.6 is 0 Å². The number of carbonyl (C=O) groups is 1. The molecular formula is C11H22O4. The van der Waals surface area contributed by atoms with Gasteiger partial charge in [0.05, 0.1) is 26.4 Å². The highest BCUT2D eigenvalue weighted by Gasteiger charge is 1.97. The average Bonchev–Trinajstić information content (AvgIpc) is 2.26. The first-order chi connectivity index (χ1) is 7.31. The van der Waals surface area contributed by atoms with Gasteiger partial charge in [-0.2, -0.15) is 0 Å². The van der Waals surface area contributed by atoms with Gasteiger partial charge in [-0.1, -0.05) is 13.8 Å². The second-order valence-corrected chi connectivity index (χ2v) is 3.17. The van der Waals surface area contributed by atoms with E-state index in [1.54, 1.807) is 0 Å². The Kier molecular flexibility index (Phi) is 11.3. The van der Waals surface area contributed by atoms with E-state index in [1.807, 2.05) is 6.92 Å². The Morgan fingerprint density at radius 3 is 1.93 bits per heavy atom. The van der Waals surface area contributed by atoms with Crippen molar-refractivity contribution in [2.24, 2.45) is 0 Å². The lowest BCUT2D eigenvalue weighted by Gasteiger charge is -2.05. The van der Waals surface area contributed by atoms with E-state index in [9.17, 15) is 4.79 Å². The number of hydrogen-bond donors (Lipinski definition) is 0. The molecule has 15 heavy (non-hydrogen) atoms. The second kappa shape index (κ2) is 11.6. The van der Waals surface area contributed by atoms with Crippen LogP contribution in [0.4, 0.5) is 0 Å². The number of ether oxygens (including phenoxy) is 3. The van der Waals surface area contributed by atoms with Crippen molar-refractivity contribution in [1.82, 2.24) is 0 Å². The summed E-state index contributed by atoms with van der Waals surface area (Å²) >= 11 is 0.